The van der Waals surface area contributed by atoms with Gasteiger partial charge in [0.15, 0.2) is 9.84 Å². The second-order valence-corrected chi connectivity index (χ2v) is 30.6. The molecule has 6 aromatic rings. The third-order valence-corrected chi connectivity index (χ3v) is 22.7. The average molecular weight is 1070 g/mol. The van der Waals surface area contributed by atoms with Gasteiger partial charge < -0.3 is 13.6 Å². The zero-order valence-electron chi connectivity index (χ0n) is 51.4. The van der Waals surface area contributed by atoms with E-state index in [1.54, 1.807) is 24.3 Å². The van der Waals surface area contributed by atoms with Crippen molar-refractivity contribution in [1.29, 1.82) is 0 Å². The number of rotatable bonds is 21. The highest BCUT2D eigenvalue weighted by atomic mass is 32.2. The van der Waals surface area contributed by atoms with Crippen molar-refractivity contribution in [3.63, 3.8) is 0 Å². The van der Waals surface area contributed by atoms with Crippen molar-refractivity contribution in [2.75, 3.05) is 0 Å². The van der Waals surface area contributed by atoms with Gasteiger partial charge in [-0.05, 0) is 166 Å². The van der Waals surface area contributed by atoms with Gasteiger partial charge in [-0.25, -0.2) is 8.42 Å². The van der Waals surface area contributed by atoms with Gasteiger partial charge in [0.2, 0.25) is 0 Å². The molecule has 6 rings (SSSR count). The topological polar surface area (TPSA) is 61.8 Å². The van der Waals surface area contributed by atoms with Crippen molar-refractivity contribution in [3.05, 3.63) is 142 Å². The van der Waals surface area contributed by atoms with E-state index in [9.17, 15) is 8.42 Å². The van der Waals surface area contributed by atoms with E-state index in [1.165, 1.54) is 33.0 Å². The van der Waals surface area contributed by atoms with Crippen LogP contribution in [0.25, 0.3) is 21.5 Å². The third kappa shape index (κ3) is 12.1. The van der Waals surface area contributed by atoms with E-state index >= 15 is 0 Å². The van der Waals surface area contributed by atoms with E-state index < -0.39 is 18.4 Å². The van der Waals surface area contributed by atoms with Crippen molar-refractivity contribution in [1.82, 2.24) is 0 Å². The van der Waals surface area contributed by atoms with Crippen LogP contribution in [0.2, 0.25) is 0 Å². The van der Waals surface area contributed by atoms with Crippen LogP contribution in [0, 0.1) is 35.5 Å². The zero-order valence-corrected chi connectivity index (χ0v) is 53.1. The average Bonchev–Trinajstić information content (AvgIpc) is 3.32. The summed E-state index contributed by atoms with van der Waals surface area (Å²) in [4.78, 5) is 0.224. The summed E-state index contributed by atoms with van der Waals surface area (Å²) in [6.07, 6.45) is 0. The van der Waals surface area contributed by atoms with Gasteiger partial charge >= 0.3 is 8.60 Å². The fourth-order valence-electron chi connectivity index (χ4n) is 9.55. The minimum atomic E-state index is -3.65. The summed E-state index contributed by atoms with van der Waals surface area (Å²) in [7, 11) is -5.91. The Labute approximate surface area is 463 Å². The highest BCUT2D eigenvalue weighted by Crippen LogP contribution is 2.53. The lowest BCUT2D eigenvalue weighted by atomic mass is 9.68. The van der Waals surface area contributed by atoms with Crippen molar-refractivity contribution < 1.29 is 22.0 Å². The molecule has 0 saturated heterocycles. The summed E-state index contributed by atoms with van der Waals surface area (Å²) >= 11 is 0. The minimum absolute atomic E-state index is 0.0664. The Morgan fingerprint density at radius 1 is 0.395 bits per heavy atom. The Morgan fingerprint density at radius 2 is 0.737 bits per heavy atom. The van der Waals surface area contributed by atoms with Crippen LogP contribution in [-0.4, -0.2) is 8.42 Å². The fraction of sp³-hybridized carbons (Fsp3) is 0.536. The number of hydrogen-bond acceptors (Lipinski definition) is 5. The van der Waals surface area contributed by atoms with Gasteiger partial charge in [0.05, 0.1) is 10.6 Å². The summed E-state index contributed by atoms with van der Waals surface area (Å²) in [6.45, 7) is 55.9. The van der Waals surface area contributed by atoms with Gasteiger partial charge in [-0.15, -0.1) is 0 Å². The molecule has 0 fully saturated rings. The molecule has 0 N–H and O–H groups in total. The molecule has 0 aliphatic heterocycles. The molecule has 0 aliphatic rings. The van der Waals surface area contributed by atoms with Crippen LogP contribution in [-0.2, 0) is 48.1 Å². The second-order valence-electron chi connectivity index (χ2n) is 27.7. The molecule has 0 amide bonds. The molecule has 0 bridgehead atoms. The number of hydrogen-bond donors (Lipinski definition) is 0. The van der Waals surface area contributed by atoms with Crippen LogP contribution in [0.4, 0.5) is 0 Å². The molecule has 0 aliphatic carbocycles. The molecule has 7 heteroatoms. The first-order chi connectivity index (χ1) is 34.9. The molecule has 0 atom stereocenters. The van der Waals surface area contributed by atoms with E-state index in [1.807, 2.05) is 30.3 Å². The molecule has 0 heterocycles. The molecule has 0 radical (unpaired) electrons. The van der Waals surface area contributed by atoms with Crippen molar-refractivity contribution >= 4 is 40.0 Å². The summed E-state index contributed by atoms with van der Waals surface area (Å²) in [5, 5.41) is 4.69. The molecular formula is C69H97O5PS. The highest BCUT2D eigenvalue weighted by molar-refractivity contribution is 7.90. The van der Waals surface area contributed by atoms with Crippen molar-refractivity contribution in [2.45, 2.75) is 209 Å². The summed E-state index contributed by atoms with van der Waals surface area (Å²) in [5.74, 6) is 3.82. The zero-order chi connectivity index (χ0) is 57.1. The maximum absolute atomic E-state index is 13.8. The maximum Gasteiger partial charge on any atom is 0.530 e. The monoisotopic (exact) mass is 1070 g/mol. The predicted molar refractivity (Wildman–Crippen MR) is 328 cm³/mol. The van der Waals surface area contributed by atoms with Crippen LogP contribution in [0.3, 0.4) is 0 Å². The first-order valence-corrected chi connectivity index (χ1v) is 31.1. The lowest BCUT2D eigenvalue weighted by Crippen LogP contribution is -2.29. The van der Waals surface area contributed by atoms with E-state index in [0.717, 1.165) is 27.5 Å². The van der Waals surface area contributed by atoms with Crippen molar-refractivity contribution in [2.24, 2.45) is 35.5 Å². The van der Waals surface area contributed by atoms with Crippen LogP contribution in [0.1, 0.15) is 205 Å². The molecule has 76 heavy (non-hydrogen) atoms. The Bertz CT molecular complexity index is 2960. The van der Waals surface area contributed by atoms with E-state index in [2.05, 4.69) is 215 Å². The molecule has 0 unspecified atom stereocenters. The normalized spacial score (nSPS) is 13.7. The molecule has 0 saturated carbocycles. The second kappa shape index (κ2) is 22.0. The molecule has 0 spiro atoms. The van der Waals surface area contributed by atoms with Gasteiger partial charge in [0.1, 0.15) is 17.2 Å². The number of benzene rings is 6. The van der Waals surface area contributed by atoms with Crippen LogP contribution in [0.15, 0.2) is 108 Å². The number of fused-ring (bicyclic) bond motifs is 2. The summed E-state index contributed by atoms with van der Waals surface area (Å²) in [5.41, 5.74) is 6.98. The first-order valence-electron chi connectivity index (χ1n) is 28.4. The van der Waals surface area contributed by atoms with E-state index in [-0.39, 0.29) is 55.0 Å². The summed E-state index contributed by atoms with van der Waals surface area (Å²) in [6, 6.07) is 35.1. The van der Waals surface area contributed by atoms with Gasteiger partial charge in [0.25, 0.3) is 0 Å². The Kier molecular flexibility index (Phi) is 17.6. The first kappa shape index (κ1) is 60.8. The van der Waals surface area contributed by atoms with Gasteiger partial charge in [0, 0.05) is 11.1 Å². The van der Waals surface area contributed by atoms with Crippen LogP contribution < -0.4 is 13.6 Å². The van der Waals surface area contributed by atoms with Crippen LogP contribution >= 0.6 is 8.60 Å². The smallest absolute Gasteiger partial charge is 0.409 e. The fourth-order valence-corrected chi connectivity index (χ4v) is 11.9. The Hall–Kier alpha value is -4.38. The SMILES string of the molecule is CC(C)C(C)(C)c1cc(C(C)(C)C(C)C)c2cc(OP(Oc3ccc(S(=O)(=O)Cc4ccccc4)cc3)Oc3cc4c(C(C)(C)C(C)C)cc(C(C)(C)C(C)C)cc4cc3C(C)(C)C(C)C)c(C(C)(C)C(C)C)cc2c1. The van der Waals surface area contributed by atoms with E-state index in [0.29, 0.717) is 40.9 Å². The quantitative estimate of drug-likeness (QED) is 0.0672. The Morgan fingerprint density at radius 3 is 1.08 bits per heavy atom. The molecular weight excluding hydrogens is 972 g/mol. The number of sulfone groups is 1. The Balaban J connectivity index is 1.67. The van der Waals surface area contributed by atoms with Crippen LogP contribution in [0.5, 0.6) is 17.2 Å². The molecule has 414 valence electrons. The standard InChI is InChI=1S/C69H97O5PS/c1-43(2)64(13,14)52-34-50-36-60(68(21,22)47(9)10)62(40-56(50)58(38-52)66(17,18)45(5)6)73-75(72-54-30-32-55(33-31-54)76(70,71)42-49-28-26-25-27-29-49)74-63-41-57-51(37-61(63)69(23,24)48(11)12)35-53(65(15,16)44(3)4)39-59(57)67(19,20)46(7)8/h25-41,43-48H,42H2,1-24H3. The maximum atomic E-state index is 13.8. The lowest BCUT2D eigenvalue weighted by molar-refractivity contribution is 0.338. The highest BCUT2D eigenvalue weighted by Gasteiger charge is 2.39. The molecule has 0 aromatic heterocycles. The minimum Gasteiger partial charge on any atom is -0.409 e. The summed E-state index contributed by atoms with van der Waals surface area (Å²) < 4.78 is 49.7. The van der Waals surface area contributed by atoms with Gasteiger partial charge in [-0.3, -0.25) is 0 Å². The predicted octanol–water partition coefficient (Wildman–Crippen LogP) is 20.3. The van der Waals surface area contributed by atoms with E-state index in [4.69, 9.17) is 13.6 Å². The van der Waals surface area contributed by atoms with Gasteiger partial charge in [-0.1, -0.05) is 221 Å². The molecule has 5 nitrogen and oxygen atoms in total. The lowest BCUT2D eigenvalue weighted by Gasteiger charge is -2.37. The largest absolute Gasteiger partial charge is 0.530 e. The molecule has 6 aromatic carbocycles. The van der Waals surface area contributed by atoms with Crippen molar-refractivity contribution in [3.8, 4) is 17.2 Å². The third-order valence-electron chi connectivity index (χ3n) is 19.9. The van der Waals surface area contributed by atoms with Gasteiger partial charge in [-0.2, -0.15) is 0 Å².